The van der Waals surface area contributed by atoms with E-state index in [0.29, 0.717) is 6.54 Å². The first kappa shape index (κ1) is 15.5. The second-order valence-corrected chi connectivity index (χ2v) is 6.89. The fourth-order valence-electron chi connectivity index (χ4n) is 2.89. The number of anilines is 2. The highest BCUT2D eigenvalue weighted by molar-refractivity contribution is 7.19. The van der Waals surface area contributed by atoms with Gasteiger partial charge in [0.15, 0.2) is 0 Å². The van der Waals surface area contributed by atoms with Crippen molar-refractivity contribution < 1.29 is 0 Å². The molecule has 0 saturated carbocycles. The molecule has 4 aromatic rings. The van der Waals surface area contributed by atoms with Crippen LogP contribution in [-0.2, 0) is 6.54 Å². The van der Waals surface area contributed by atoms with Crippen LogP contribution in [0.15, 0.2) is 54.7 Å². The molecule has 6 heteroatoms. The van der Waals surface area contributed by atoms with E-state index in [1.54, 1.807) is 17.5 Å². The fraction of sp³-hybridized carbons (Fsp3) is 0.105. The molecule has 3 aromatic heterocycles. The van der Waals surface area contributed by atoms with Gasteiger partial charge in [-0.2, -0.15) is 4.98 Å². The van der Waals surface area contributed by atoms with Gasteiger partial charge in [-0.05, 0) is 24.6 Å². The number of aromatic nitrogens is 3. The summed E-state index contributed by atoms with van der Waals surface area (Å²) >= 11 is 1.64. The van der Waals surface area contributed by atoms with E-state index in [4.69, 9.17) is 5.73 Å². The van der Waals surface area contributed by atoms with E-state index in [-0.39, 0.29) is 5.95 Å². The quantitative estimate of drug-likeness (QED) is 0.577. The number of aryl methyl sites for hydroxylation is 1. The number of nitrogens with one attached hydrogen (secondary N) is 1. The van der Waals surface area contributed by atoms with Gasteiger partial charge in [-0.15, -0.1) is 11.3 Å². The smallest absolute Gasteiger partial charge is 0.223 e. The standard InChI is InChI=1S/C19H17N5S/c1-12-15(13-7-3-2-4-8-13)16-17(23-19(20)24-18(16)25-12)22-11-14-9-5-6-10-21-14/h2-10H,11H2,1H3,(H3,20,22,23,24). The molecule has 0 radical (unpaired) electrons. The Morgan fingerprint density at radius 3 is 2.60 bits per heavy atom. The van der Waals surface area contributed by atoms with E-state index in [2.05, 4.69) is 39.3 Å². The molecule has 0 unspecified atom stereocenters. The van der Waals surface area contributed by atoms with Crippen LogP contribution < -0.4 is 11.1 Å². The van der Waals surface area contributed by atoms with Crippen LogP contribution in [0.4, 0.5) is 11.8 Å². The molecule has 3 heterocycles. The van der Waals surface area contributed by atoms with Crippen molar-refractivity contribution in [3.05, 3.63) is 65.3 Å². The molecule has 0 aliphatic rings. The normalized spacial score (nSPS) is 10.9. The topological polar surface area (TPSA) is 76.7 Å². The number of nitrogens with two attached hydrogens (primary N) is 1. The van der Waals surface area contributed by atoms with E-state index < -0.39 is 0 Å². The molecule has 3 N–H and O–H groups in total. The average Bonchev–Trinajstić information content (AvgIpc) is 2.97. The highest BCUT2D eigenvalue weighted by Gasteiger charge is 2.17. The van der Waals surface area contributed by atoms with Gasteiger partial charge in [0.2, 0.25) is 5.95 Å². The monoisotopic (exact) mass is 347 g/mol. The number of thiophene rings is 1. The van der Waals surface area contributed by atoms with Crippen LogP contribution in [0.2, 0.25) is 0 Å². The molecule has 5 nitrogen and oxygen atoms in total. The minimum atomic E-state index is 0.275. The Hall–Kier alpha value is -2.99. The van der Waals surface area contributed by atoms with Crippen molar-refractivity contribution in [3.63, 3.8) is 0 Å². The largest absolute Gasteiger partial charge is 0.368 e. The van der Waals surface area contributed by atoms with Crippen LogP contribution in [0.25, 0.3) is 21.3 Å². The molecule has 0 bridgehead atoms. The first-order chi connectivity index (χ1) is 12.2. The van der Waals surface area contributed by atoms with Crippen LogP contribution in [0.1, 0.15) is 10.6 Å². The van der Waals surface area contributed by atoms with E-state index in [9.17, 15) is 0 Å². The second-order valence-electron chi connectivity index (χ2n) is 5.68. The van der Waals surface area contributed by atoms with E-state index in [0.717, 1.165) is 32.9 Å². The molecule has 0 atom stereocenters. The molecule has 0 aliphatic heterocycles. The lowest BCUT2D eigenvalue weighted by atomic mass is 10.0. The van der Waals surface area contributed by atoms with Gasteiger partial charge in [0, 0.05) is 16.6 Å². The molecule has 1 aromatic carbocycles. The van der Waals surface area contributed by atoms with Crippen molar-refractivity contribution in [2.24, 2.45) is 0 Å². The third-order valence-electron chi connectivity index (χ3n) is 3.97. The third-order valence-corrected chi connectivity index (χ3v) is 4.97. The average molecular weight is 347 g/mol. The zero-order chi connectivity index (χ0) is 17.2. The van der Waals surface area contributed by atoms with Gasteiger partial charge < -0.3 is 11.1 Å². The van der Waals surface area contributed by atoms with Crippen molar-refractivity contribution in [2.75, 3.05) is 11.1 Å². The summed E-state index contributed by atoms with van der Waals surface area (Å²) in [6, 6.07) is 16.2. The lowest BCUT2D eigenvalue weighted by molar-refractivity contribution is 1.03. The van der Waals surface area contributed by atoms with Gasteiger partial charge in [0.25, 0.3) is 0 Å². The molecule has 124 valence electrons. The van der Waals surface area contributed by atoms with E-state index in [1.807, 2.05) is 36.4 Å². The molecular formula is C19H17N5S. The van der Waals surface area contributed by atoms with E-state index >= 15 is 0 Å². The molecule has 0 spiro atoms. The van der Waals surface area contributed by atoms with Crippen LogP contribution >= 0.6 is 11.3 Å². The minimum Gasteiger partial charge on any atom is -0.368 e. The highest BCUT2D eigenvalue weighted by Crippen LogP contribution is 2.40. The molecule has 0 amide bonds. The lowest BCUT2D eigenvalue weighted by Crippen LogP contribution is -2.06. The first-order valence-corrected chi connectivity index (χ1v) is 8.80. The summed E-state index contributed by atoms with van der Waals surface area (Å²) in [5.74, 6) is 1.02. The van der Waals surface area contributed by atoms with Gasteiger partial charge >= 0.3 is 0 Å². The Bertz CT molecular complexity index is 1010. The maximum absolute atomic E-state index is 5.92. The summed E-state index contributed by atoms with van der Waals surface area (Å²) in [4.78, 5) is 15.3. The van der Waals surface area contributed by atoms with Gasteiger partial charge in [-0.1, -0.05) is 36.4 Å². The number of pyridine rings is 1. The predicted molar refractivity (Wildman–Crippen MR) is 104 cm³/mol. The Morgan fingerprint density at radius 1 is 1.04 bits per heavy atom. The second kappa shape index (κ2) is 6.49. The Balaban J connectivity index is 1.83. The SMILES string of the molecule is Cc1sc2nc(N)nc(NCc3ccccn3)c2c1-c1ccccc1. The number of hydrogen-bond acceptors (Lipinski definition) is 6. The zero-order valence-corrected chi connectivity index (χ0v) is 14.5. The summed E-state index contributed by atoms with van der Waals surface area (Å²) in [7, 11) is 0. The first-order valence-electron chi connectivity index (χ1n) is 7.98. The van der Waals surface area contributed by atoms with Crippen molar-refractivity contribution in [1.82, 2.24) is 15.0 Å². The number of benzene rings is 1. The summed E-state index contributed by atoms with van der Waals surface area (Å²) in [5.41, 5.74) is 9.18. The maximum atomic E-state index is 5.92. The fourth-order valence-corrected chi connectivity index (χ4v) is 3.94. The lowest BCUT2D eigenvalue weighted by Gasteiger charge is -2.09. The van der Waals surface area contributed by atoms with Crippen molar-refractivity contribution >= 4 is 33.3 Å². The maximum Gasteiger partial charge on any atom is 0.223 e. The third kappa shape index (κ3) is 3.04. The molecule has 4 rings (SSSR count). The van der Waals surface area contributed by atoms with Gasteiger partial charge in [0.05, 0.1) is 17.6 Å². The molecule has 0 fully saturated rings. The van der Waals surface area contributed by atoms with Crippen molar-refractivity contribution in [3.8, 4) is 11.1 Å². The highest BCUT2D eigenvalue weighted by atomic mass is 32.1. The Morgan fingerprint density at radius 2 is 1.84 bits per heavy atom. The molecule has 25 heavy (non-hydrogen) atoms. The number of nitrogen functional groups attached to an aromatic ring is 1. The van der Waals surface area contributed by atoms with Gasteiger partial charge in [0.1, 0.15) is 10.6 Å². The number of hydrogen-bond donors (Lipinski definition) is 2. The van der Waals surface area contributed by atoms with Crippen LogP contribution in [0.3, 0.4) is 0 Å². The molecule has 0 aliphatic carbocycles. The van der Waals surface area contributed by atoms with Gasteiger partial charge in [-0.3, -0.25) is 4.98 Å². The van der Waals surface area contributed by atoms with Crippen molar-refractivity contribution in [2.45, 2.75) is 13.5 Å². The molecular weight excluding hydrogens is 330 g/mol. The van der Waals surface area contributed by atoms with Crippen LogP contribution in [0.5, 0.6) is 0 Å². The summed E-state index contributed by atoms with van der Waals surface area (Å²) in [6.07, 6.45) is 1.78. The van der Waals surface area contributed by atoms with Gasteiger partial charge in [-0.25, -0.2) is 4.98 Å². The number of rotatable bonds is 4. The summed E-state index contributed by atoms with van der Waals surface area (Å²) < 4.78 is 0. The minimum absolute atomic E-state index is 0.275. The Kier molecular flexibility index (Phi) is 4.03. The number of nitrogens with zero attached hydrogens (tertiary/aromatic N) is 3. The zero-order valence-electron chi connectivity index (χ0n) is 13.7. The van der Waals surface area contributed by atoms with Crippen LogP contribution in [-0.4, -0.2) is 15.0 Å². The summed E-state index contributed by atoms with van der Waals surface area (Å²) in [5, 5.41) is 4.39. The van der Waals surface area contributed by atoms with E-state index in [1.165, 1.54) is 4.88 Å². The predicted octanol–water partition coefficient (Wildman–Crippen LogP) is 4.26. The molecule has 0 saturated heterocycles. The van der Waals surface area contributed by atoms with Crippen LogP contribution in [0, 0.1) is 6.92 Å². The number of fused-ring (bicyclic) bond motifs is 1. The Labute approximate surface area is 149 Å². The summed E-state index contributed by atoms with van der Waals surface area (Å²) in [6.45, 7) is 2.68. The van der Waals surface area contributed by atoms with Crippen molar-refractivity contribution in [1.29, 1.82) is 0 Å².